The van der Waals surface area contributed by atoms with Crippen LogP contribution in [-0.2, 0) is 5.41 Å². The summed E-state index contributed by atoms with van der Waals surface area (Å²) in [5.41, 5.74) is 2.59. The zero-order valence-electron chi connectivity index (χ0n) is 15.3. The van der Waals surface area contributed by atoms with Crippen molar-refractivity contribution in [1.82, 2.24) is 4.57 Å². The quantitative estimate of drug-likeness (QED) is 0.706. The van der Waals surface area contributed by atoms with E-state index in [9.17, 15) is 14.0 Å². The summed E-state index contributed by atoms with van der Waals surface area (Å²) in [6.45, 7) is 7.75. The highest BCUT2D eigenvalue weighted by Crippen LogP contribution is 2.26. The normalized spacial score (nSPS) is 11.6. The Balaban J connectivity index is 1.95. The summed E-state index contributed by atoms with van der Waals surface area (Å²) < 4.78 is 15.0. The van der Waals surface area contributed by atoms with Crippen LogP contribution in [0.15, 0.2) is 48.7 Å². The Morgan fingerprint density at radius 3 is 2.27 bits per heavy atom. The number of carbonyl (C=O) groups is 2. The van der Waals surface area contributed by atoms with Crippen LogP contribution in [0.3, 0.4) is 0 Å². The number of fused-ring (bicyclic) bond motifs is 1. The van der Waals surface area contributed by atoms with E-state index in [0.29, 0.717) is 16.6 Å². The van der Waals surface area contributed by atoms with Gasteiger partial charge in [0, 0.05) is 24.2 Å². The molecule has 2 aromatic carbocycles. The summed E-state index contributed by atoms with van der Waals surface area (Å²) in [5, 5.41) is 3.22. The molecule has 1 N–H and O–H groups in total. The summed E-state index contributed by atoms with van der Waals surface area (Å²) >= 11 is 0. The molecule has 0 aliphatic carbocycles. The molecular formula is C21H21FN2O2. The summed E-state index contributed by atoms with van der Waals surface area (Å²) in [6.07, 6.45) is 1.45. The first-order chi connectivity index (χ1) is 12.2. The summed E-state index contributed by atoms with van der Waals surface area (Å²) in [6, 6.07) is 11.6. The van der Waals surface area contributed by atoms with Gasteiger partial charge in [0.05, 0.1) is 11.1 Å². The molecule has 1 amide bonds. The van der Waals surface area contributed by atoms with E-state index in [1.54, 1.807) is 0 Å². The lowest BCUT2D eigenvalue weighted by Gasteiger charge is -2.19. The van der Waals surface area contributed by atoms with Gasteiger partial charge in [0.2, 0.25) is 5.91 Å². The van der Waals surface area contributed by atoms with E-state index in [1.807, 2.05) is 24.3 Å². The molecule has 0 bridgehead atoms. The minimum Gasteiger partial charge on any atom is -0.322 e. The van der Waals surface area contributed by atoms with Gasteiger partial charge < -0.3 is 5.32 Å². The minimum absolute atomic E-state index is 0.0228. The van der Waals surface area contributed by atoms with Crippen molar-refractivity contribution in [3.63, 3.8) is 0 Å². The molecule has 0 radical (unpaired) electrons. The summed E-state index contributed by atoms with van der Waals surface area (Å²) in [4.78, 5) is 24.5. The molecule has 0 aliphatic rings. The fourth-order valence-electron chi connectivity index (χ4n) is 2.90. The van der Waals surface area contributed by atoms with Gasteiger partial charge in [-0.1, -0.05) is 32.9 Å². The predicted octanol–water partition coefficient (Wildman–Crippen LogP) is 4.99. The Labute approximate surface area is 151 Å². The number of benzene rings is 2. The molecule has 0 aliphatic heterocycles. The molecule has 0 unspecified atom stereocenters. The number of hydrogen-bond donors (Lipinski definition) is 1. The van der Waals surface area contributed by atoms with Crippen molar-refractivity contribution < 1.29 is 14.0 Å². The Morgan fingerprint density at radius 1 is 1.04 bits per heavy atom. The van der Waals surface area contributed by atoms with Gasteiger partial charge in [0.15, 0.2) is 0 Å². The second-order valence-electron chi connectivity index (χ2n) is 7.37. The van der Waals surface area contributed by atoms with Crippen molar-refractivity contribution in [1.29, 1.82) is 0 Å². The Hall–Kier alpha value is -2.95. The van der Waals surface area contributed by atoms with Crippen molar-refractivity contribution in [2.75, 3.05) is 5.32 Å². The number of amides is 1. The van der Waals surface area contributed by atoms with Gasteiger partial charge in [0.1, 0.15) is 5.82 Å². The second-order valence-corrected chi connectivity index (χ2v) is 7.37. The fourth-order valence-corrected chi connectivity index (χ4v) is 2.90. The number of aromatic nitrogens is 1. The number of anilines is 1. The highest BCUT2D eigenvalue weighted by Gasteiger charge is 2.18. The standard InChI is InChI=1S/C21H21FN2O2/c1-13(25)24-12-18(17-11-15(22)7-10-19(17)24)20(26)23-16-8-5-14(6-9-16)21(2,3)4/h5-12H,1-4H3,(H,23,26). The molecule has 5 heteroatoms. The van der Waals surface area contributed by atoms with E-state index in [1.165, 1.54) is 35.9 Å². The third-order valence-corrected chi connectivity index (χ3v) is 4.36. The lowest BCUT2D eigenvalue weighted by atomic mass is 9.87. The maximum absolute atomic E-state index is 13.6. The average Bonchev–Trinajstić information content (AvgIpc) is 2.93. The molecule has 0 saturated carbocycles. The molecule has 0 spiro atoms. The molecule has 1 heterocycles. The number of nitrogens with zero attached hydrogens (tertiary/aromatic N) is 1. The smallest absolute Gasteiger partial charge is 0.257 e. The number of carbonyl (C=O) groups excluding carboxylic acids is 2. The van der Waals surface area contributed by atoms with Crippen LogP contribution in [0.5, 0.6) is 0 Å². The Morgan fingerprint density at radius 2 is 1.69 bits per heavy atom. The average molecular weight is 352 g/mol. The van der Waals surface area contributed by atoms with Gasteiger partial charge in [0.25, 0.3) is 5.91 Å². The highest BCUT2D eigenvalue weighted by atomic mass is 19.1. The fraction of sp³-hybridized carbons (Fsp3) is 0.238. The van der Waals surface area contributed by atoms with Gasteiger partial charge >= 0.3 is 0 Å². The van der Waals surface area contributed by atoms with Gasteiger partial charge in [-0.3, -0.25) is 14.2 Å². The largest absolute Gasteiger partial charge is 0.322 e. The van der Waals surface area contributed by atoms with E-state index < -0.39 is 5.82 Å². The molecule has 0 atom stereocenters. The van der Waals surface area contributed by atoms with E-state index in [2.05, 4.69) is 26.1 Å². The number of rotatable bonds is 2. The molecule has 0 saturated heterocycles. The molecule has 4 nitrogen and oxygen atoms in total. The van der Waals surface area contributed by atoms with Crippen LogP contribution >= 0.6 is 0 Å². The molecule has 3 rings (SSSR count). The molecule has 1 aromatic heterocycles. The van der Waals surface area contributed by atoms with E-state index in [4.69, 9.17) is 0 Å². The number of hydrogen-bond acceptors (Lipinski definition) is 2. The van der Waals surface area contributed by atoms with Crippen LogP contribution in [0.25, 0.3) is 10.9 Å². The minimum atomic E-state index is -0.456. The Kier molecular flexibility index (Phi) is 4.40. The van der Waals surface area contributed by atoms with Crippen molar-refractivity contribution >= 4 is 28.4 Å². The van der Waals surface area contributed by atoms with Crippen molar-refractivity contribution in [2.24, 2.45) is 0 Å². The van der Waals surface area contributed by atoms with Gasteiger partial charge in [-0.2, -0.15) is 0 Å². The van der Waals surface area contributed by atoms with Crippen LogP contribution < -0.4 is 5.32 Å². The monoisotopic (exact) mass is 352 g/mol. The van der Waals surface area contributed by atoms with E-state index >= 15 is 0 Å². The molecule has 3 aromatic rings. The third-order valence-electron chi connectivity index (χ3n) is 4.36. The lowest BCUT2D eigenvalue weighted by molar-refractivity contribution is 0.0941. The first-order valence-electron chi connectivity index (χ1n) is 8.40. The van der Waals surface area contributed by atoms with Crippen molar-refractivity contribution in [3.8, 4) is 0 Å². The van der Waals surface area contributed by atoms with Gasteiger partial charge in [-0.15, -0.1) is 0 Å². The number of nitrogens with one attached hydrogen (secondary N) is 1. The van der Waals surface area contributed by atoms with Crippen LogP contribution in [0.4, 0.5) is 10.1 Å². The van der Waals surface area contributed by atoms with Crippen molar-refractivity contribution in [2.45, 2.75) is 33.1 Å². The van der Waals surface area contributed by atoms with E-state index in [-0.39, 0.29) is 22.8 Å². The first-order valence-corrected chi connectivity index (χ1v) is 8.40. The Bertz CT molecular complexity index is 995. The van der Waals surface area contributed by atoms with Crippen LogP contribution in [0.2, 0.25) is 0 Å². The zero-order valence-corrected chi connectivity index (χ0v) is 15.3. The zero-order chi connectivity index (χ0) is 19.1. The molecular weight excluding hydrogens is 331 g/mol. The van der Waals surface area contributed by atoms with Gasteiger partial charge in [-0.25, -0.2) is 4.39 Å². The maximum Gasteiger partial charge on any atom is 0.257 e. The predicted molar refractivity (Wildman–Crippen MR) is 101 cm³/mol. The van der Waals surface area contributed by atoms with Gasteiger partial charge in [-0.05, 0) is 41.3 Å². The SMILES string of the molecule is CC(=O)n1cc(C(=O)Nc2ccc(C(C)(C)C)cc2)c2cc(F)ccc21. The second kappa shape index (κ2) is 6.41. The van der Waals surface area contributed by atoms with Crippen LogP contribution in [0, 0.1) is 5.82 Å². The van der Waals surface area contributed by atoms with E-state index in [0.717, 1.165) is 5.56 Å². The highest BCUT2D eigenvalue weighted by molar-refractivity contribution is 6.14. The number of halogens is 1. The maximum atomic E-state index is 13.6. The molecule has 26 heavy (non-hydrogen) atoms. The van der Waals surface area contributed by atoms with Crippen molar-refractivity contribution in [3.05, 3.63) is 65.6 Å². The lowest BCUT2D eigenvalue weighted by Crippen LogP contribution is -2.13. The molecule has 0 fully saturated rings. The summed E-state index contributed by atoms with van der Waals surface area (Å²) in [5.74, 6) is -1.08. The third kappa shape index (κ3) is 3.38. The van der Waals surface area contributed by atoms with Crippen LogP contribution in [-0.4, -0.2) is 16.4 Å². The molecule has 134 valence electrons. The first kappa shape index (κ1) is 17.9. The summed E-state index contributed by atoms with van der Waals surface area (Å²) in [7, 11) is 0. The van der Waals surface area contributed by atoms with Crippen LogP contribution in [0.1, 0.15) is 48.4 Å². The topological polar surface area (TPSA) is 51.1 Å².